The summed E-state index contributed by atoms with van der Waals surface area (Å²) in [6, 6.07) is 13.3. The van der Waals surface area contributed by atoms with Crippen molar-refractivity contribution in [2.75, 3.05) is 20.2 Å². The lowest BCUT2D eigenvalue weighted by Crippen LogP contribution is -2.29. The van der Waals surface area contributed by atoms with Crippen molar-refractivity contribution in [2.24, 2.45) is 5.92 Å². The lowest BCUT2D eigenvalue weighted by Gasteiger charge is -2.26. The van der Waals surface area contributed by atoms with Gasteiger partial charge in [-0.05, 0) is 60.6 Å². The van der Waals surface area contributed by atoms with Gasteiger partial charge in [0.2, 0.25) is 10.0 Å². The monoisotopic (exact) mass is 383 g/mol. The number of hydrogen-bond acceptors (Lipinski definition) is 3. The molecule has 0 N–H and O–H groups in total. The highest BCUT2D eigenvalue weighted by atomic mass is 32.2. The molecule has 1 saturated heterocycles. The number of allylic oxidation sites excluding steroid dienone is 1. The van der Waals surface area contributed by atoms with Crippen LogP contribution in [0.4, 0.5) is 0 Å². The van der Waals surface area contributed by atoms with Crippen LogP contribution in [0.1, 0.15) is 30.0 Å². The second-order valence-electron chi connectivity index (χ2n) is 7.36. The molecule has 5 heteroatoms. The fourth-order valence-corrected chi connectivity index (χ4v) is 5.86. The fourth-order valence-electron chi connectivity index (χ4n) is 4.40. The van der Waals surface area contributed by atoms with Gasteiger partial charge in [-0.15, -0.1) is 0 Å². The largest absolute Gasteiger partial charge is 0.496 e. The first-order valence-corrected chi connectivity index (χ1v) is 10.8. The molecule has 0 unspecified atom stereocenters. The maximum absolute atomic E-state index is 13.2. The number of fused-ring (bicyclic) bond motifs is 2. The number of methoxy groups -OCH3 is 1. The normalized spacial score (nSPS) is 19.7. The van der Waals surface area contributed by atoms with E-state index in [4.69, 9.17) is 4.74 Å². The molecule has 0 amide bonds. The number of nitrogens with zero attached hydrogens (tertiary/aromatic N) is 1. The topological polar surface area (TPSA) is 46.6 Å². The summed E-state index contributed by atoms with van der Waals surface area (Å²) in [6.45, 7) is 5.12. The van der Waals surface area contributed by atoms with Crippen LogP contribution in [-0.4, -0.2) is 32.9 Å². The zero-order valence-electron chi connectivity index (χ0n) is 16.0. The number of rotatable bonds is 4. The Bertz CT molecular complexity index is 1010. The predicted octanol–water partition coefficient (Wildman–Crippen LogP) is 4.04. The Morgan fingerprint density at radius 2 is 1.89 bits per heavy atom. The zero-order valence-corrected chi connectivity index (χ0v) is 16.8. The first kappa shape index (κ1) is 18.3. The Hall–Kier alpha value is -2.11. The highest BCUT2D eigenvalue weighted by Gasteiger charge is 2.40. The molecule has 0 saturated carbocycles. The summed E-state index contributed by atoms with van der Waals surface area (Å²) in [5.41, 5.74) is 5.99. The molecule has 1 atom stereocenters. The average molecular weight is 384 g/mol. The molecule has 4 rings (SSSR count). The third-order valence-electron chi connectivity index (χ3n) is 5.76. The van der Waals surface area contributed by atoms with E-state index in [-0.39, 0.29) is 5.92 Å². The molecule has 1 heterocycles. The van der Waals surface area contributed by atoms with Gasteiger partial charge in [-0.3, -0.25) is 0 Å². The minimum Gasteiger partial charge on any atom is -0.496 e. The van der Waals surface area contributed by atoms with Gasteiger partial charge in [0.15, 0.2) is 0 Å². The standard InChI is InChI=1S/C22H25NO3S/c1-4-19-20-14-23(27(24,25)18-10-8-15(2)9-11-18)13-17(20)12-16-6-5-7-21(26-3)22(16)19/h5-11,17H,4,12-14H2,1-3H3/t17-/m0/s1. The van der Waals surface area contributed by atoms with E-state index < -0.39 is 10.0 Å². The fraction of sp³-hybridized carbons (Fsp3) is 0.364. The van der Waals surface area contributed by atoms with Crippen LogP contribution in [0, 0.1) is 12.8 Å². The Morgan fingerprint density at radius 1 is 1.15 bits per heavy atom. The summed E-state index contributed by atoms with van der Waals surface area (Å²) < 4.78 is 33.6. The molecule has 142 valence electrons. The van der Waals surface area contributed by atoms with Gasteiger partial charge in [0.25, 0.3) is 0 Å². The van der Waals surface area contributed by atoms with Crippen molar-refractivity contribution < 1.29 is 13.2 Å². The predicted molar refractivity (Wildman–Crippen MR) is 107 cm³/mol. The maximum Gasteiger partial charge on any atom is 0.243 e. The van der Waals surface area contributed by atoms with Crippen LogP contribution in [0.5, 0.6) is 5.75 Å². The van der Waals surface area contributed by atoms with Crippen molar-refractivity contribution >= 4 is 15.6 Å². The third-order valence-corrected chi connectivity index (χ3v) is 7.59. The lowest BCUT2D eigenvalue weighted by atomic mass is 9.79. The van der Waals surface area contributed by atoms with Crippen LogP contribution in [-0.2, 0) is 16.4 Å². The molecule has 1 aliphatic heterocycles. The second kappa shape index (κ2) is 6.80. The third kappa shape index (κ3) is 2.99. The van der Waals surface area contributed by atoms with Crippen LogP contribution in [0.3, 0.4) is 0 Å². The summed E-state index contributed by atoms with van der Waals surface area (Å²) in [5.74, 6) is 1.13. The van der Waals surface area contributed by atoms with Crippen molar-refractivity contribution in [3.8, 4) is 5.75 Å². The number of benzene rings is 2. The Kier molecular flexibility index (Phi) is 4.60. The van der Waals surface area contributed by atoms with Gasteiger partial charge in [0, 0.05) is 18.7 Å². The van der Waals surface area contributed by atoms with Gasteiger partial charge in [0.05, 0.1) is 12.0 Å². The van der Waals surface area contributed by atoms with Gasteiger partial charge < -0.3 is 4.74 Å². The van der Waals surface area contributed by atoms with E-state index in [0.29, 0.717) is 18.0 Å². The van der Waals surface area contributed by atoms with Gasteiger partial charge in [-0.1, -0.05) is 36.8 Å². The van der Waals surface area contributed by atoms with Gasteiger partial charge in [-0.25, -0.2) is 8.42 Å². The lowest BCUT2D eigenvalue weighted by molar-refractivity contribution is 0.411. The number of sulfonamides is 1. The summed E-state index contributed by atoms with van der Waals surface area (Å²) in [4.78, 5) is 0.375. The van der Waals surface area contributed by atoms with Gasteiger partial charge in [0.1, 0.15) is 5.75 Å². The molecule has 0 radical (unpaired) electrons. The van der Waals surface area contributed by atoms with Crippen molar-refractivity contribution in [1.82, 2.24) is 4.31 Å². The second-order valence-corrected chi connectivity index (χ2v) is 9.30. The quantitative estimate of drug-likeness (QED) is 0.800. The summed E-state index contributed by atoms with van der Waals surface area (Å²) >= 11 is 0. The first-order chi connectivity index (χ1) is 13.0. The summed E-state index contributed by atoms with van der Waals surface area (Å²) in [7, 11) is -1.78. The van der Waals surface area contributed by atoms with E-state index in [1.807, 2.05) is 31.2 Å². The van der Waals surface area contributed by atoms with Crippen molar-refractivity contribution in [3.05, 3.63) is 64.7 Å². The smallest absolute Gasteiger partial charge is 0.243 e. The van der Waals surface area contributed by atoms with E-state index in [9.17, 15) is 8.42 Å². The number of ether oxygens (including phenoxy) is 1. The van der Waals surface area contributed by atoms with E-state index in [1.54, 1.807) is 23.5 Å². The zero-order chi connectivity index (χ0) is 19.2. The maximum atomic E-state index is 13.2. The highest BCUT2D eigenvalue weighted by molar-refractivity contribution is 7.89. The summed E-state index contributed by atoms with van der Waals surface area (Å²) in [6.07, 6.45) is 1.74. The Labute approximate surface area is 161 Å². The molecule has 0 bridgehead atoms. The minimum atomic E-state index is -3.48. The average Bonchev–Trinajstić information content (AvgIpc) is 3.10. The molecule has 0 spiro atoms. The summed E-state index contributed by atoms with van der Waals surface area (Å²) in [5, 5.41) is 0. The highest BCUT2D eigenvalue weighted by Crippen LogP contribution is 2.45. The number of hydrogen-bond donors (Lipinski definition) is 0. The molecule has 1 fully saturated rings. The van der Waals surface area contributed by atoms with E-state index in [0.717, 1.165) is 24.2 Å². The van der Waals surface area contributed by atoms with E-state index in [2.05, 4.69) is 13.0 Å². The first-order valence-electron chi connectivity index (χ1n) is 9.40. The molecule has 4 nitrogen and oxygen atoms in total. The molecule has 1 aliphatic carbocycles. The van der Waals surface area contributed by atoms with Crippen LogP contribution in [0.25, 0.3) is 5.57 Å². The Morgan fingerprint density at radius 3 is 2.56 bits per heavy atom. The van der Waals surface area contributed by atoms with Gasteiger partial charge >= 0.3 is 0 Å². The Balaban J connectivity index is 1.74. The van der Waals surface area contributed by atoms with Crippen molar-refractivity contribution in [3.63, 3.8) is 0 Å². The molecular weight excluding hydrogens is 358 g/mol. The van der Waals surface area contributed by atoms with Crippen molar-refractivity contribution in [2.45, 2.75) is 31.6 Å². The van der Waals surface area contributed by atoms with Crippen LogP contribution < -0.4 is 4.74 Å². The molecular formula is C22H25NO3S. The van der Waals surface area contributed by atoms with E-state index in [1.165, 1.54) is 22.3 Å². The molecule has 2 aromatic rings. The van der Waals surface area contributed by atoms with Crippen LogP contribution >= 0.6 is 0 Å². The molecule has 27 heavy (non-hydrogen) atoms. The van der Waals surface area contributed by atoms with Crippen LogP contribution in [0.15, 0.2) is 52.9 Å². The van der Waals surface area contributed by atoms with Crippen molar-refractivity contribution in [1.29, 1.82) is 0 Å². The molecule has 0 aromatic heterocycles. The molecule has 2 aliphatic rings. The minimum absolute atomic E-state index is 0.250. The van der Waals surface area contributed by atoms with E-state index >= 15 is 0 Å². The van der Waals surface area contributed by atoms with Gasteiger partial charge in [-0.2, -0.15) is 4.31 Å². The van der Waals surface area contributed by atoms with Crippen LogP contribution in [0.2, 0.25) is 0 Å². The number of aryl methyl sites for hydroxylation is 1. The SMILES string of the molecule is CCC1=C2CN(S(=O)(=O)c3ccc(C)cc3)C[C@@H]2Cc2cccc(OC)c21. The molecule has 2 aromatic carbocycles.